The second-order valence-electron chi connectivity index (χ2n) is 8.53. The summed E-state index contributed by atoms with van der Waals surface area (Å²) in [4.78, 5) is 24.9. The second kappa shape index (κ2) is 8.39. The average Bonchev–Trinajstić information content (AvgIpc) is 3.18. The van der Waals surface area contributed by atoms with Crippen LogP contribution in [0.25, 0.3) is 25.1 Å². The van der Waals surface area contributed by atoms with Gasteiger partial charge in [-0.25, -0.2) is 4.79 Å². The van der Waals surface area contributed by atoms with E-state index in [0.29, 0.717) is 11.1 Å². The van der Waals surface area contributed by atoms with Crippen molar-refractivity contribution in [3.8, 4) is 4.90 Å². The van der Waals surface area contributed by atoms with Crippen molar-refractivity contribution in [2.75, 3.05) is 0 Å². The number of esters is 1. The number of nitro groups is 1. The van der Waals surface area contributed by atoms with Gasteiger partial charge in [0.15, 0.2) is 14.3 Å². The number of carbonyl (C=O) groups excluding carboxylic acids is 1. The zero-order valence-corrected chi connectivity index (χ0v) is 19.5. The molecule has 0 amide bonds. The second-order valence-corrected chi connectivity index (χ2v) is 10.5. The van der Waals surface area contributed by atoms with Gasteiger partial charge in [0.25, 0.3) is 5.69 Å². The van der Waals surface area contributed by atoms with Gasteiger partial charge in [-0.3, -0.25) is 10.1 Å². The van der Waals surface area contributed by atoms with Crippen molar-refractivity contribution in [2.45, 2.75) is 19.4 Å². The Bertz CT molecular complexity index is 1540. The number of hydrogen-bond acceptors (Lipinski definition) is 4. The fourth-order valence-corrected chi connectivity index (χ4v) is 6.56. The van der Waals surface area contributed by atoms with Gasteiger partial charge < -0.3 is 4.74 Å². The molecule has 1 unspecified atom stereocenters. The van der Waals surface area contributed by atoms with Gasteiger partial charge in [0.05, 0.1) is 10.5 Å². The van der Waals surface area contributed by atoms with E-state index >= 15 is 0 Å². The summed E-state index contributed by atoms with van der Waals surface area (Å²) in [6, 6.07) is 30.6. The molecule has 5 rings (SSSR count). The number of hydrogen-bond donors (Lipinski definition) is 0. The molecule has 1 heterocycles. The smallest absolute Gasteiger partial charge is 0.339 e. The quantitative estimate of drug-likeness (QED) is 0.114. The summed E-state index contributed by atoms with van der Waals surface area (Å²) in [6.07, 6.45) is 0. The Balaban J connectivity index is 1.53. The molecule has 1 atom stereocenters. The van der Waals surface area contributed by atoms with E-state index in [-0.39, 0.29) is 16.2 Å². The SMILES string of the molecule is CC(C)(OC(=O)c1ccc2c(c1)c1ccccc1[s+]2-c1ccccc1)c1ccc([N+](=O)[O-])cc1. The Morgan fingerprint density at radius 1 is 0.824 bits per heavy atom. The van der Waals surface area contributed by atoms with E-state index in [1.54, 1.807) is 26.0 Å². The monoisotopic (exact) mass is 468 g/mol. The number of carbonyl (C=O) groups is 1. The topological polar surface area (TPSA) is 69.4 Å². The van der Waals surface area contributed by atoms with Crippen molar-refractivity contribution in [2.24, 2.45) is 0 Å². The van der Waals surface area contributed by atoms with Crippen molar-refractivity contribution in [1.82, 2.24) is 0 Å². The molecule has 0 spiro atoms. The fraction of sp³-hybridized carbons (Fsp3) is 0.107. The van der Waals surface area contributed by atoms with Crippen LogP contribution in [0.15, 0.2) is 97.1 Å². The lowest BCUT2D eigenvalue weighted by molar-refractivity contribution is -0.384. The Hall–Kier alpha value is -4.03. The standard InChI is InChI=1S/C28H22NO4S/c1-28(2,20-13-15-21(16-14-20)29(31)32)33-27(30)19-12-17-26-24(18-19)23-10-6-7-11-25(23)34(26)22-8-4-3-5-9-22/h3-18H,1-2H3/q+1. The maximum atomic E-state index is 13.1. The van der Waals surface area contributed by atoms with Crippen LogP contribution in [0.1, 0.15) is 29.8 Å². The first-order chi connectivity index (χ1) is 16.3. The van der Waals surface area contributed by atoms with Crippen LogP contribution < -0.4 is 0 Å². The Labute approximate surface area is 199 Å². The van der Waals surface area contributed by atoms with Crippen LogP contribution in [0.2, 0.25) is 0 Å². The van der Waals surface area contributed by atoms with Crippen molar-refractivity contribution in [3.63, 3.8) is 0 Å². The van der Waals surface area contributed by atoms with Gasteiger partial charge in [-0.2, -0.15) is 0 Å². The molecule has 5 aromatic rings. The highest BCUT2D eigenvalue weighted by atomic mass is 32.2. The third-order valence-electron chi connectivity index (χ3n) is 5.93. The van der Waals surface area contributed by atoms with Crippen LogP contribution in [-0.2, 0) is 10.3 Å². The molecule has 6 heteroatoms. The van der Waals surface area contributed by atoms with E-state index in [4.69, 9.17) is 4.74 Å². The molecule has 1 aromatic heterocycles. The average molecular weight is 469 g/mol. The highest BCUT2D eigenvalue weighted by Crippen LogP contribution is 2.48. The van der Waals surface area contributed by atoms with Crippen LogP contribution in [0.4, 0.5) is 5.69 Å². The van der Waals surface area contributed by atoms with Crippen molar-refractivity contribution < 1.29 is 14.5 Å². The highest BCUT2D eigenvalue weighted by molar-refractivity contribution is 7.50. The van der Waals surface area contributed by atoms with Crippen molar-refractivity contribution >= 4 is 42.3 Å². The van der Waals surface area contributed by atoms with Gasteiger partial charge in [0, 0.05) is 33.4 Å². The molecule has 0 N–H and O–H groups in total. The first-order valence-corrected chi connectivity index (χ1v) is 12.1. The van der Waals surface area contributed by atoms with E-state index < -0.39 is 16.5 Å². The van der Waals surface area contributed by atoms with Gasteiger partial charge in [-0.15, -0.1) is 0 Å². The van der Waals surface area contributed by atoms with Gasteiger partial charge in [-0.05, 0) is 74.0 Å². The number of benzene rings is 4. The molecule has 0 bridgehead atoms. The summed E-state index contributed by atoms with van der Waals surface area (Å²) in [5.41, 5.74) is 0.208. The minimum Gasteiger partial charge on any atom is -0.451 e. The Morgan fingerprint density at radius 2 is 1.47 bits per heavy atom. The van der Waals surface area contributed by atoms with Crippen LogP contribution in [0.5, 0.6) is 0 Å². The molecule has 0 saturated carbocycles. The third kappa shape index (κ3) is 3.82. The number of ether oxygens (including phenoxy) is 1. The largest absolute Gasteiger partial charge is 0.451 e. The Kier molecular flexibility index (Phi) is 5.38. The minimum atomic E-state index is -0.947. The van der Waals surface area contributed by atoms with Gasteiger partial charge >= 0.3 is 5.97 Å². The number of nitrogens with zero attached hydrogens (tertiary/aromatic N) is 1. The first-order valence-electron chi connectivity index (χ1n) is 10.9. The molecule has 0 aliphatic rings. The molecular formula is C28H22NO4S+. The molecule has 0 aliphatic heterocycles. The zero-order valence-electron chi connectivity index (χ0n) is 18.7. The molecular weight excluding hydrogens is 446 g/mol. The summed E-state index contributed by atoms with van der Waals surface area (Å²) in [6.45, 7) is 3.56. The molecule has 4 aromatic carbocycles. The molecule has 0 saturated heterocycles. The van der Waals surface area contributed by atoms with Crippen LogP contribution >= 0.6 is 10.5 Å². The summed E-state index contributed by atoms with van der Waals surface area (Å²) in [5.74, 6) is -0.435. The number of thiophene rings is 1. The van der Waals surface area contributed by atoms with E-state index in [9.17, 15) is 14.9 Å². The number of non-ortho nitro benzene ring substituents is 1. The maximum absolute atomic E-state index is 13.1. The predicted octanol–water partition coefficient (Wildman–Crippen LogP) is 7.73. The lowest BCUT2D eigenvalue weighted by Gasteiger charge is -2.25. The van der Waals surface area contributed by atoms with Crippen molar-refractivity contribution in [1.29, 1.82) is 0 Å². The van der Waals surface area contributed by atoms with Crippen LogP contribution in [0, 0.1) is 10.1 Å². The van der Waals surface area contributed by atoms with Crippen molar-refractivity contribution in [3.05, 3.63) is 118 Å². The fourth-order valence-electron chi connectivity index (χ4n) is 4.18. The first kappa shape index (κ1) is 21.8. The predicted molar refractivity (Wildman–Crippen MR) is 137 cm³/mol. The molecule has 5 nitrogen and oxygen atoms in total. The van der Waals surface area contributed by atoms with Gasteiger partial charge in [0.1, 0.15) is 5.60 Å². The number of nitro benzene ring substituents is 1. The summed E-state index contributed by atoms with van der Waals surface area (Å²) >= 11 is 0. The zero-order chi connectivity index (χ0) is 23.9. The lowest BCUT2D eigenvalue weighted by Crippen LogP contribution is -2.25. The van der Waals surface area contributed by atoms with E-state index in [1.165, 1.54) is 26.4 Å². The van der Waals surface area contributed by atoms with Crippen LogP contribution in [0.3, 0.4) is 0 Å². The molecule has 0 radical (unpaired) electrons. The van der Waals surface area contributed by atoms with Crippen LogP contribution in [-0.4, -0.2) is 10.9 Å². The highest BCUT2D eigenvalue weighted by Gasteiger charge is 2.29. The number of fused-ring (bicyclic) bond motifs is 3. The summed E-state index contributed by atoms with van der Waals surface area (Å²) < 4.78 is 8.31. The van der Waals surface area contributed by atoms with E-state index in [1.807, 2.05) is 30.3 Å². The number of rotatable bonds is 5. The minimum absolute atomic E-state index is 0.00281. The molecule has 34 heavy (non-hydrogen) atoms. The normalized spacial score (nSPS) is 12.1. The summed E-state index contributed by atoms with van der Waals surface area (Å²) in [7, 11) is -0.224. The Morgan fingerprint density at radius 3 is 2.18 bits per heavy atom. The summed E-state index contributed by atoms with van der Waals surface area (Å²) in [5, 5.41) is 13.1. The molecule has 168 valence electrons. The molecule has 0 fully saturated rings. The van der Waals surface area contributed by atoms with Gasteiger partial charge in [0.2, 0.25) is 0 Å². The molecule has 0 aliphatic carbocycles. The third-order valence-corrected chi connectivity index (χ3v) is 8.27. The maximum Gasteiger partial charge on any atom is 0.339 e. The van der Waals surface area contributed by atoms with E-state index in [0.717, 1.165) is 10.8 Å². The lowest BCUT2D eigenvalue weighted by atomic mass is 9.97. The van der Waals surface area contributed by atoms with Gasteiger partial charge in [-0.1, -0.05) is 30.3 Å². The van der Waals surface area contributed by atoms with E-state index in [2.05, 4.69) is 42.5 Å².